The highest BCUT2D eigenvalue weighted by Gasteiger charge is 2.27. The first-order chi connectivity index (χ1) is 14.0. The molecule has 2 saturated heterocycles. The number of ether oxygens (including phenoxy) is 3. The zero-order chi connectivity index (χ0) is 20.8. The van der Waals surface area contributed by atoms with Crippen LogP contribution < -0.4 is 9.46 Å². The van der Waals surface area contributed by atoms with E-state index in [0.29, 0.717) is 32.8 Å². The Balaban J connectivity index is 1.53. The van der Waals surface area contributed by atoms with E-state index in [9.17, 15) is 18.4 Å². The Bertz CT molecular complexity index is 725. The SMILES string of the molecule is O=C(OCC1CCCO1)N1CCN(C(=O)c2ccc(NS)c(OC(F)F)c2)CC1. The Kier molecular flexibility index (Phi) is 7.37. The van der Waals surface area contributed by atoms with Gasteiger partial charge in [0.1, 0.15) is 6.61 Å². The van der Waals surface area contributed by atoms with Gasteiger partial charge in [-0.3, -0.25) is 4.79 Å². The number of nitrogens with zero attached hydrogens (tertiary/aromatic N) is 2. The van der Waals surface area contributed by atoms with Crippen molar-refractivity contribution in [3.63, 3.8) is 0 Å². The Morgan fingerprint density at radius 2 is 1.97 bits per heavy atom. The van der Waals surface area contributed by atoms with Gasteiger partial charge in [-0.15, -0.1) is 0 Å². The van der Waals surface area contributed by atoms with Crippen LogP contribution in [-0.2, 0) is 9.47 Å². The zero-order valence-corrected chi connectivity index (χ0v) is 16.6. The molecule has 0 bridgehead atoms. The number of carbonyl (C=O) groups excluding carboxylic acids is 2. The topological polar surface area (TPSA) is 80.3 Å². The van der Waals surface area contributed by atoms with Gasteiger partial charge in [-0.1, -0.05) is 12.8 Å². The second kappa shape index (κ2) is 9.97. The molecule has 2 heterocycles. The van der Waals surface area contributed by atoms with Crippen LogP contribution in [0.1, 0.15) is 23.2 Å². The Morgan fingerprint density at radius 3 is 2.59 bits per heavy atom. The summed E-state index contributed by atoms with van der Waals surface area (Å²) in [5.41, 5.74) is 0.436. The highest BCUT2D eigenvalue weighted by Crippen LogP contribution is 2.28. The molecule has 160 valence electrons. The van der Waals surface area contributed by atoms with Crippen LogP contribution in [-0.4, -0.2) is 73.9 Å². The molecule has 2 amide bonds. The van der Waals surface area contributed by atoms with Gasteiger partial charge in [0, 0.05) is 38.3 Å². The average Bonchev–Trinajstić information content (AvgIpc) is 3.25. The Labute approximate surface area is 172 Å². The molecule has 1 unspecified atom stereocenters. The van der Waals surface area contributed by atoms with E-state index in [1.54, 1.807) is 4.90 Å². The molecule has 0 spiro atoms. The molecule has 2 fully saturated rings. The van der Waals surface area contributed by atoms with Gasteiger partial charge in [-0.25, -0.2) is 4.79 Å². The minimum Gasteiger partial charge on any atom is -0.447 e. The summed E-state index contributed by atoms with van der Waals surface area (Å²) in [5.74, 6) is -0.501. The first kappa shape index (κ1) is 21.4. The highest BCUT2D eigenvalue weighted by molar-refractivity contribution is 7.81. The lowest BCUT2D eigenvalue weighted by atomic mass is 10.1. The van der Waals surface area contributed by atoms with Gasteiger partial charge in [0.15, 0.2) is 5.75 Å². The van der Waals surface area contributed by atoms with Crippen molar-refractivity contribution in [3.05, 3.63) is 23.8 Å². The van der Waals surface area contributed by atoms with Crippen molar-refractivity contribution in [1.82, 2.24) is 9.80 Å². The number of alkyl halides is 2. The molecular formula is C18H23F2N3O5S. The van der Waals surface area contributed by atoms with Crippen molar-refractivity contribution in [2.75, 3.05) is 44.1 Å². The fourth-order valence-corrected chi connectivity index (χ4v) is 3.43. The normalized spacial score (nSPS) is 19.4. The van der Waals surface area contributed by atoms with E-state index in [1.807, 2.05) is 0 Å². The fourth-order valence-electron chi connectivity index (χ4n) is 3.25. The van der Waals surface area contributed by atoms with Gasteiger partial charge in [-0.2, -0.15) is 8.78 Å². The lowest BCUT2D eigenvalue weighted by molar-refractivity contribution is -0.0493. The van der Waals surface area contributed by atoms with Crippen LogP contribution in [0.2, 0.25) is 0 Å². The number of benzene rings is 1. The van der Waals surface area contributed by atoms with Crippen molar-refractivity contribution in [3.8, 4) is 5.75 Å². The number of hydrogen-bond donors (Lipinski definition) is 2. The van der Waals surface area contributed by atoms with Crippen molar-refractivity contribution in [1.29, 1.82) is 0 Å². The molecule has 2 aliphatic heterocycles. The average molecular weight is 431 g/mol. The van der Waals surface area contributed by atoms with Crippen molar-refractivity contribution < 1.29 is 32.6 Å². The van der Waals surface area contributed by atoms with Crippen molar-refractivity contribution >= 4 is 30.5 Å². The molecule has 2 aliphatic rings. The summed E-state index contributed by atoms with van der Waals surface area (Å²) in [7, 11) is 0. The zero-order valence-electron chi connectivity index (χ0n) is 15.7. The summed E-state index contributed by atoms with van der Waals surface area (Å²) < 4.78 is 42.7. The minimum absolute atomic E-state index is 0.0406. The van der Waals surface area contributed by atoms with E-state index in [4.69, 9.17) is 9.47 Å². The summed E-state index contributed by atoms with van der Waals surface area (Å²) in [5, 5.41) is 0. The molecule has 0 saturated carbocycles. The lowest BCUT2D eigenvalue weighted by Gasteiger charge is -2.34. The van der Waals surface area contributed by atoms with Crippen molar-refractivity contribution in [2.45, 2.75) is 25.6 Å². The number of carbonyl (C=O) groups is 2. The van der Waals surface area contributed by atoms with E-state index in [2.05, 4.69) is 22.3 Å². The van der Waals surface area contributed by atoms with Crippen molar-refractivity contribution in [2.24, 2.45) is 0 Å². The molecule has 1 aromatic rings. The van der Waals surface area contributed by atoms with Crippen LogP contribution in [0.5, 0.6) is 5.75 Å². The number of rotatable bonds is 6. The smallest absolute Gasteiger partial charge is 0.409 e. The van der Waals surface area contributed by atoms with E-state index in [0.717, 1.165) is 12.8 Å². The van der Waals surface area contributed by atoms with Gasteiger partial charge in [0.2, 0.25) is 0 Å². The molecule has 29 heavy (non-hydrogen) atoms. The second-order valence-electron chi connectivity index (χ2n) is 6.69. The molecule has 3 rings (SSSR count). The second-order valence-corrected chi connectivity index (χ2v) is 6.92. The summed E-state index contributed by atoms with van der Waals surface area (Å²) in [6.07, 6.45) is 1.39. The summed E-state index contributed by atoms with van der Waals surface area (Å²) in [4.78, 5) is 28.0. The number of thiol groups is 1. The minimum atomic E-state index is -3.02. The maximum atomic E-state index is 12.7. The predicted molar refractivity (Wildman–Crippen MR) is 103 cm³/mol. The summed E-state index contributed by atoms with van der Waals surface area (Å²) in [6, 6.07) is 4.19. The first-order valence-electron chi connectivity index (χ1n) is 9.29. The standard InChI is InChI=1S/C18H23F2N3O5S/c19-17(20)28-15-10-12(3-4-14(15)21-29)16(24)22-5-7-23(8-6-22)18(25)27-11-13-2-1-9-26-13/h3-4,10,13,17,21,29H,1-2,5-9,11H2. The Morgan fingerprint density at radius 1 is 1.24 bits per heavy atom. The number of anilines is 1. The van der Waals surface area contributed by atoms with E-state index in [-0.39, 0.29) is 35.6 Å². The number of amides is 2. The lowest BCUT2D eigenvalue weighted by Crippen LogP contribution is -2.51. The summed E-state index contributed by atoms with van der Waals surface area (Å²) in [6.45, 7) is -0.824. The van der Waals surface area contributed by atoms with E-state index in [1.165, 1.54) is 23.1 Å². The third kappa shape index (κ3) is 5.63. The molecular weight excluding hydrogens is 408 g/mol. The molecule has 1 atom stereocenters. The van der Waals surface area contributed by atoms with E-state index < -0.39 is 12.7 Å². The maximum absolute atomic E-state index is 12.7. The van der Waals surface area contributed by atoms with Gasteiger partial charge in [0.05, 0.1) is 11.8 Å². The molecule has 8 nitrogen and oxygen atoms in total. The van der Waals surface area contributed by atoms with Gasteiger partial charge < -0.3 is 28.7 Å². The molecule has 1 aromatic carbocycles. The first-order valence-corrected chi connectivity index (χ1v) is 9.74. The number of halogens is 2. The number of nitrogens with one attached hydrogen (secondary N) is 1. The molecule has 0 aliphatic carbocycles. The van der Waals surface area contributed by atoms with Crippen LogP contribution in [0.25, 0.3) is 0 Å². The molecule has 0 radical (unpaired) electrons. The van der Waals surface area contributed by atoms with Crippen LogP contribution in [0.4, 0.5) is 19.3 Å². The highest BCUT2D eigenvalue weighted by atomic mass is 32.1. The third-order valence-corrected chi connectivity index (χ3v) is 5.05. The molecule has 11 heteroatoms. The Hall–Kier alpha value is -2.27. The maximum Gasteiger partial charge on any atom is 0.409 e. The van der Waals surface area contributed by atoms with Crippen LogP contribution in [0.15, 0.2) is 18.2 Å². The van der Waals surface area contributed by atoms with Crippen LogP contribution in [0.3, 0.4) is 0 Å². The fraction of sp³-hybridized carbons (Fsp3) is 0.556. The van der Waals surface area contributed by atoms with Gasteiger partial charge >= 0.3 is 12.7 Å². The predicted octanol–water partition coefficient (Wildman–Crippen LogP) is 2.62. The number of hydrogen-bond acceptors (Lipinski definition) is 7. The summed E-state index contributed by atoms with van der Waals surface area (Å²) >= 11 is 3.84. The van der Waals surface area contributed by atoms with Gasteiger partial charge in [-0.05, 0) is 31.0 Å². The third-order valence-electron chi connectivity index (χ3n) is 4.81. The molecule has 1 N–H and O–H groups in total. The van der Waals surface area contributed by atoms with Crippen LogP contribution in [0, 0.1) is 0 Å². The van der Waals surface area contributed by atoms with E-state index >= 15 is 0 Å². The van der Waals surface area contributed by atoms with Gasteiger partial charge in [0.25, 0.3) is 5.91 Å². The quantitative estimate of drug-likeness (QED) is 0.674. The largest absolute Gasteiger partial charge is 0.447 e. The molecule has 0 aromatic heterocycles. The van der Waals surface area contributed by atoms with Crippen LogP contribution >= 0.6 is 12.8 Å². The monoisotopic (exact) mass is 431 g/mol. The number of piperazine rings is 1.